The van der Waals surface area contributed by atoms with Crippen LogP contribution in [0.5, 0.6) is 5.75 Å². The number of primary amides is 1. The average Bonchev–Trinajstić information content (AvgIpc) is 3.49. The molecule has 1 saturated heterocycles. The Hall–Kier alpha value is -5.30. The number of nitrogens with two attached hydrogens (primary N) is 2. The lowest BCUT2D eigenvalue weighted by molar-refractivity contribution is -0.171. The molecular formula is C31H31ClFN9O5. The summed E-state index contributed by atoms with van der Waals surface area (Å²) < 4.78 is 27.0. The van der Waals surface area contributed by atoms with Crippen molar-refractivity contribution in [2.24, 2.45) is 11.5 Å². The number of hydrogen-bond acceptors (Lipinski definition) is 11. The molecule has 0 aliphatic carbocycles. The van der Waals surface area contributed by atoms with E-state index in [-0.39, 0.29) is 42.4 Å². The maximum Gasteiger partial charge on any atom is 0.398 e. The van der Waals surface area contributed by atoms with Crippen molar-refractivity contribution in [2.45, 2.75) is 26.1 Å². The number of carbonyl (C=O) groups excluding carboxylic acids is 3. The highest BCUT2D eigenvalue weighted by Gasteiger charge is 2.36. The molecule has 0 bridgehead atoms. The highest BCUT2D eigenvalue weighted by Crippen LogP contribution is 2.36. The van der Waals surface area contributed by atoms with Crippen LogP contribution in [0.3, 0.4) is 0 Å². The first-order chi connectivity index (χ1) is 22.5. The van der Waals surface area contributed by atoms with Crippen LogP contribution >= 0.6 is 11.6 Å². The lowest BCUT2D eigenvalue weighted by Gasteiger charge is -2.43. The molecule has 16 heteroatoms. The van der Waals surface area contributed by atoms with Gasteiger partial charge in [-0.1, -0.05) is 11.6 Å². The second-order valence-corrected chi connectivity index (χ2v) is 11.1. The van der Waals surface area contributed by atoms with Gasteiger partial charge in [-0.15, -0.1) is 0 Å². The number of imidazole rings is 1. The third-order valence-corrected chi connectivity index (χ3v) is 8.15. The highest BCUT2D eigenvalue weighted by atomic mass is 35.5. The number of halogens is 2. The zero-order valence-corrected chi connectivity index (χ0v) is 26.2. The minimum atomic E-state index is -1.22. The van der Waals surface area contributed by atoms with Gasteiger partial charge in [0.2, 0.25) is 0 Å². The van der Waals surface area contributed by atoms with E-state index in [0.717, 1.165) is 0 Å². The van der Waals surface area contributed by atoms with Crippen LogP contribution in [-0.4, -0.2) is 87.0 Å². The molecule has 14 nitrogen and oxygen atoms in total. The Morgan fingerprint density at radius 3 is 2.72 bits per heavy atom. The summed E-state index contributed by atoms with van der Waals surface area (Å²) in [6.45, 7) is 4.37. The van der Waals surface area contributed by atoms with Gasteiger partial charge in [0.25, 0.3) is 5.91 Å². The van der Waals surface area contributed by atoms with Crippen LogP contribution in [0.4, 0.5) is 15.9 Å². The van der Waals surface area contributed by atoms with Crippen molar-refractivity contribution >= 4 is 46.5 Å². The molecule has 0 saturated carbocycles. The second kappa shape index (κ2) is 14.0. The fourth-order valence-electron chi connectivity index (χ4n) is 5.32. The average molecular weight is 664 g/mol. The quantitative estimate of drug-likeness (QED) is 0.176. The van der Waals surface area contributed by atoms with Gasteiger partial charge in [-0.2, -0.15) is 5.26 Å². The number of anilines is 2. The summed E-state index contributed by atoms with van der Waals surface area (Å²) in [4.78, 5) is 49.2. The number of carbonyl (C=O) groups is 3. The first kappa shape index (κ1) is 33.1. The maximum atomic E-state index is 14.9. The lowest BCUT2D eigenvalue weighted by Crippen LogP contribution is -2.60. The molecule has 1 unspecified atom stereocenters. The minimum absolute atomic E-state index is 0.0271. The zero-order chi connectivity index (χ0) is 33.8. The Balaban J connectivity index is 1.35. The van der Waals surface area contributed by atoms with E-state index in [1.807, 2.05) is 11.8 Å². The summed E-state index contributed by atoms with van der Waals surface area (Å²) in [6, 6.07) is 9.78. The molecule has 2 aromatic carbocycles. The number of piperazine rings is 1. The van der Waals surface area contributed by atoms with Gasteiger partial charge in [0.05, 0.1) is 23.5 Å². The summed E-state index contributed by atoms with van der Waals surface area (Å²) in [5.74, 6) is -3.22. The largest absolute Gasteiger partial charge is 0.476 e. The first-order valence-electron chi connectivity index (χ1n) is 14.5. The van der Waals surface area contributed by atoms with E-state index < -0.39 is 23.9 Å². The molecule has 1 fully saturated rings. The molecule has 2 aromatic heterocycles. The fraction of sp³-hybridized carbons (Fsp3) is 0.290. The molecule has 1 aliphatic heterocycles. The van der Waals surface area contributed by atoms with Crippen LogP contribution in [0.25, 0.3) is 16.9 Å². The number of esters is 1. The van der Waals surface area contributed by atoms with Crippen molar-refractivity contribution in [1.29, 1.82) is 5.26 Å². The molecule has 4 aromatic rings. The number of amides is 2. The number of ether oxygens (including phenoxy) is 2. The van der Waals surface area contributed by atoms with Crippen molar-refractivity contribution < 1.29 is 28.2 Å². The number of aromatic nitrogens is 3. The van der Waals surface area contributed by atoms with Crippen LogP contribution < -0.4 is 21.5 Å². The SMILES string of the molecule is Cc1cc(Nc2nccn3c(-c4ccc(OCC#N)c(F)c4Cl)cnc23)ccc1C(=O)N1CCN([C@@H](C)CN)C(OC(=O)C(N)=O)C1. The van der Waals surface area contributed by atoms with E-state index in [9.17, 15) is 18.8 Å². The number of hydrogen-bond donors (Lipinski definition) is 3. The van der Waals surface area contributed by atoms with Crippen LogP contribution in [0, 0.1) is 24.1 Å². The normalized spacial score (nSPS) is 15.6. The Kier molecular flexibility index (Phi) is 9.85. The Bertz CT molecular complexity index is 1900. The number of nitrogens with zero attached hydrogens (tertiary/aromatic N) is 6. The molecule has 5 rings (SSSR count). The predicted octanol–water partition coefficient (Wildman–Crippen LogP) is 2.60. The fourth-order valence-corrected chi connectivity index (χ4v) is 5.57. The third-order valence-electron chi connectivity index (χ3n) is 7.78. The van der Waals surface area contributed by atoms with Gasteiger partial charge in [0.15, 0.2) is 35.9 Å². The third kappa shape index (κ3) is 6.80. The van der Waals surface area contributed by atoms with Gasteiger partial charge in [0, 0.05) is 54.9 Å². The topological polar surface area (TPSA) is 194 Å². The number of aryl methyl sites for hydroxylation is 1. The molecule has 244 valence electrons. The molecule has 3 heterocycles. The number of fused-ring (bicyclic) bond motifs is 1. The van der Waals surface area contributed by atoms with E-state index in [1.54, 1.807) is 59.0 Å². The summed E-state index contributed by atoms with van der Waals surface area (Å²) in [5.41, 5.74) is 13.9. The maximum absolute atomic E-state index is 14.9. The standard InChI is InChI=1S/C31H31ClFN9O5/c1-17-13-19(3-4-20(17)30(44)40-10-11-41(18(2)14-35)24(16-40)47-31(45)27(36)43)39-28-29-38-15-22(42(29)9-8-37-28)21-5-6-23(46-12-7-34)26(33)25(21)32/h3-6,8-9,13,15,18,24H,10-12,14,16,35H2,1-2H3,(H2,36,43)(H,37,39)/t18-,24?/m0/s1. The van der Waals surface area contributed by atoms with Gasteiger partial charge in [-0.25, -0.2) is 19.2 Å². The van der Waals surface area contributed by atoms with E-state index in [1.165, 1.54) is 12.3 Å². The Labute approximate surface area is 273 Å². The van der Waals surface area contributed by atoms with Gasteiger partial charge < -0.3 is 31.2 Å². The van der Waals surface area contributed by atoms with Crippen LogP contribution in [-0.2, 0) is 14.3 Å². The summed E-state index contributed by atoms with van der Waals surface area (Å²) in [6.07, 6.45) is 3.85. The predicted molar refractivity (Wildman–Crippen MR) is 169 cm³/mol. The Morgan fingerprint density at radius 1 is 1.23 bits per heavy atom. The monoisotopic (exact) mass is 663 g/mol. The van der Waals surface area contributed by atoms with Crippen LogP contribution in [0.15, 0.2) is 48.9 Å². The van der Waals surface area contributed by atoms with Gasteiger partial charge in [-0.05, 0) is 49.7 Å². The van der Waals surface area contributed by atoms with Crippen LogP contribution in [0.2, 0.25) is 5.02 Å². The Morgan fingerprint density at radius 2 is 2.02 bits per heavy atom. The van der Waals surface area contributed by atoms with Crippen molar-refractivity contribution in [3.05, 3.63) is 70.9 Å². The lowest BCUT2D eigenvalue weighted by atomic mass is 10.1. The van der Waals surface area contributed by atoms with E-state index in [2.05, 4.69) is 15.3 Å². The van der Waals surface area contributed by atoms with E-state index in [4.69, 9.17) is 37.8 Å². The number of benzene rings is 2. The molecule has 0 spiro atoms. The van der Waals surface area contributed by atoms with Crippen LogP contribution in [0.1, 0.15) is 22.8 Å². The molecule has 2 amide bonds. The smallest absolute Gasteiger partial charge is 0.398 e. The van der Waals surface area contributed by atoms with Crippen molar-refractivity contribution in [3.63, 3.8) is 0 Å². The van der Waals surface area contributed by atoms with Gasteiger partial charge in [-0.3, -0.25) is 18.9 Å². The van der Waals surface area contributed by atoms with Gasteiger partial charge in [0.1, 0.15) is 6.07 Å². The minimum Gasteiger partial charge on any atom is -0.476 e. The molecule has 47 heavy (non-hydrogen) atoms. The highest BCUT2D eigenvalue weighted by molar-refractivity contribution is 6.33. The summed E-state index contributed by atoms with van der Waals surface area (Å²) >= 11 is 6.33. The zero-order valence-electron chi connectivity index (χ0n) is 25.4. The van der Waals surface area contributed by atoms with E-state index >= 15 is 0 Å². The van der Waals surface area contributed by atoms with Crippen molar-refractivity contribution in [3.8, 4) is 23.1 Å². The summed E-state index contributed by atoms with van der Waals surface area (Å²) in [5, 5.41) is 11.8. The molecule has 1 aliphatic rings. The van der Waals surface area contributed by atoms with Crippen molar-refractivity contribution in [1.82, 2.24) is 24.2 Å². The molecule has 2 atom stereocenters. The first-order valence-corrected chi connectivity index (χ1v) is 14.8. The molecule has 0 radical (unpaired) electrons. The number of nitrogens with one attached hydrogen (secondary N) is 1. The van der Waals surface area contributed by atoms with Crippen molar-refractivity contribution in [2.75, 3.05) is 38.1 Å². The number of nitriles is 1. The van der Waals surface area contributed by atoms with E-state index in [0.29, 0.717) is 52.6 Å². The second-order valence-electron chi connectivity index (χ2n) is 10.8. The van der Waals surface area contributed by atoms with Gasteiger partial charge >= 0.3 is 11.9 Å². The summed E-state index contributed by atoms with van der Waals surface area (Å²) in [7, 11) is 0. The number of rotatable bonds is 9. The molecule has 5 N–H and O–H groups in total. The molecular weight excluding hydrogens is 633 g/mol.